The summed E-state index contributed by atoms with van der Waals surface area (Å²) in [6.45, 7) is 0. The van der Waals surface area contributed by atoms with E-state index in [1.165, 1.54) is 30.5 Å². The highest BCUT2D eigenvalue weighted by Crippen LogP contribution is 2.31. The third-order valence-corrected chi connectivity index (χ3v) is 3.21. The summed E-state index contributed by atoms with van der Waals surface area (Å²) in [6, 6.07) is 7.40. The Morgan fingerprint density at radius 2 is 1.95 bits per heavy atom. The van der Waals surface area contributed by atoms with Crippen molar-refractivity contribution >= 4 is 17.3 Å². The quantitative estimate of drug-likeness (QED) is 0.676. The standard InChI is InChI=1S/C15H13N3O4/c19-15(10-1-2-10)17-11-7-14(9-16-8-11)22-13-5-3-12(4-6-13)18(20)21/h3-10H,1-2H2,(H,17,19). The Labute approximate surface area is 126 Å². The van der Waals surface area contributed by atoms with Crippen LogP contribution in [0.5, 0.6) is 11.5 Å². The first-order chi connectivity index (χ1) is 10.6. The molecular formula is C15H13N3O4. The average Bonchev–Trinajstić information content (AvgIpc) is 3.33. The zero-order chi connectivity index (χ0) is 15.5. The molecule has 7 nitrogen and oxygen atoms in total. The Hall–Kier alpha value is -2.96. The number of nitrogens with one attached hydrogen (secondary N) is 1. The smallest absolute Gasteiger partial charge is 0.269 e. The van der Waals surface area contributed by atoms with Crippen molar-refractivity contribution in [2.24, 2.45) is 5.92 Å². The van der Waals surface area contributed by atoms with Gasteiger partial charge in [-0.3, -0.25) is 19.9 Å². The topological polar surface area (TPSA) is 94.4 Å². The minimum Gasteiger partial charge on any atom is -0.456 e. The number of nitrogens with zero attached hydrogens (tertiary/aromatic N) is 2. The Balaban J connectivity index is 1.69. The zero-order valence-corrected chi connectivity index (χ0v) is 11.6. The number of pyridine rings is 1. The summed E-state index contributed by atoms with van der Waals surface area (Å²) in [5, 5.41) is 13.4. The molecular weight excluding hydrogens is 286 g/mol. The predicted molar refractivity (Wildman–Crippen MR) is 78.8 cm³/mol. The molecule has 3 rings (SSSR count). The van der Waals surface area contributed by atoms with Crippen LogP contribution in [0.1, 0.15) is 12.8 Å². The highest BCUT2D eigenvalue weighted by molar-refractivity contribution is 5.94. The highest BCUT2D eigenvalue weighted by Gasteiger charge is 2.29. The van der Waals surface area contributed by atoms with Crippen LogP contribution in [0.15, 0.2) is 42.7 Å². The van der Waals surface area contributed by atoms with E-state index in [9.17, 15) is 14.9 Å². The molecule has 0 spiro atoms. The molecule has 0 saturated heterocycles. The molecule has 1 aliphatic carbocycles. The number of rotatable bonds is 5. The molecule has 22 heavy (non-hydrogen) atoms. The summed E-state index contributed by atoms with van der Waals surface area (Å²) in [6.07, 6.45) is 4.91. The molecule has 7 heteroatoms. The van der Waals surface area contributed by atoms with Crippen LogP contribution in [-0.2, 0) is 4.79 Å². The van der Waals surface area contributed by atoms with Crippen LogP contribution in [0.25, 0.3) is 0 Å². The van der Waals surface area contributed by atoms with E-state index in [1.807, 2.05) is 0 Å². The molecule has 0 aliphatic heterocycles. The monoisotopic (exact) mass is 299 g/mol. The van der Waals surface area contributed by atoms with Crippen LogP contribution in [0.4, 0.5) is 11.4 Å². The van der Waals surface area contributed by atoms with Gasteiger partial charge in [-0.1, -0.05) is 0 Å². The first-order valence-electron chi connectivity index (χ1n) is 6.80. The van der Waals surface area contributed by atoms with Gasteiger partial charge in [0.2, 0.25) is 5.91 Å². The zero-order valence-electron chi connectivity index (χ0n) is 11.6. The lowest BCUT2D eigenvalue weighted by Gasteiger charge is -2.08. The molecule has 1 aliphatic rings. The van der Waals surface area contributed by atoms with Gasteiger partial charge in [-0.2, -0.15) is 0 Å². The van der Waals surface area contributed by atoms with Gasteiger partial charge < -0.3 is 10.1 Å². The third kappa shape index (κ3) is 3.38. The van der Waals surface area contributed by atoms with Gasteiger partial charge in [0.05, 0.1) is 23.0 Å². The van der Waals surface area contributed by atoms with E-state index in [0.717, 1.165) is 12.8 Å². The van der Waals surface area contributed by atoms with Crippen LogP contribution in [0, 0.1) is 16.0 Å². The number of carbonyl (C=O) groups is 1. The number of nitro benzene ring substituents is 1. The Bertz CT molecular complexity index is 711. The largest absolute Gasteiger partial charge is 0.456 e. The van der Waals surface area contributed by atoms with Crippen molar-refractivity contribution in [2.75, 3.05) is 5.32 Å². The fourth-order valence-corrected chi connectivity index (χ4v) is 1.90. The number of hydrogen-bond acceptors (Lipinski definition) is 5. The maximum absolute atomic E-state index is 11.7. The molecule has 0 radical (unpaired) electrons. The molecule has 1 N–H and O–H groups in total. The second kappa shape index (κ2) is 5.80. The third-order valence-electron chi connectivity index (χ3n) is 3.21. The summed E-state index contributed by atoms with van der Waals surface area (Å²) in [7, 11) is 0. The average molecular weight is 299 g/mol. The summed E-state index contributed by atoms with van der Waals surface area (Å²) < 4.78 is 5.58. The van der Waals surface area contributed by atoms with Crippen molar-refractivity contribution in [1.82, 2.24) is 4.98 Å². The molecule has 1 amide bonds. The van der Waals surface area contributed by atoms with Crippen molar-refractivity contribution in [1.29, 1.82) is 0 Å². The van der Waals surface area contributed by atoms with Crippen LogP contribution < -0.4 is 10.1 Å². The number of anilines is 1. The molecule has 112 valence electrons. The number of nitro groups is 1. The van der Waals surface area contributed by atoms with Gasteiger partial charge in [-0.25, -0.2) is 0 Å². The van der Waals surface area contributed by atoms with Crippen LogP contribution in [0.2, 0.25) is 0 Å². The molecule has 1 saturated carbocycles. The SMILES string of the molecule is O=C(Nc1cncc(Oc2ccc([N+](=O)[O-])cc2)c1)C1CC1. The lowest BCUT2D eigenvalue weighted by atomic mass is 10.3. The van der Waals surface area contributed by atoms with Crippen molar-refractivity contribution in [3.63, 3.8) is 0 Å². The van der Waals surface area contributed by atoms with Crippen molar-refractivity contribution in [2.45, 2.75) is 12.8 Å². The molecule has 0 unspecified atom stereocenters. The Morgan fingerprint density at radius 1 is 1.23 bits per heavy atom. The van der Waals surface area contributed by atoms with E-state index >= 15 is 0 Å². The van der Waals surface area contributed by atoms with Gasteiger partial charge in [0, 0.05) is 24.1 Å². The maximum Gasteiger partial charge on any atom is 0.269 e. The molecule has 1 heterocycles. The van der Waals surface area contributed by atoms with E-state index in [-0.39, 0.29) is 17.5 Å². The first kappa shape index (κ1) is 14.0. The van der Waals surface area contributed by atoms with E-state index in [0.29, 0.717) is 17.2 Å². The number of amides is 1. The number of non-ortho nitro benzene ring substituents is 1. The second-order valence-electron chi connectivity index (χ2n) is 5.03. The van der Waals surface area contributed by atoms with Crippen molar-refractivity contribution in [3.05, 3.63) is 52.8 Å². The normalized spacial score (nSPS) is 13.5. The van der Waals surface area contributed by atoms with Crippen molar-refractivity contribution < 1.29 is 14.5 Å². The van der Waals surface area contributed by atoms with Crippen LogP contribution in [0.3, 0.4) is 0 Å². The number of carbonyl (C=O) groups excluding carboxylic acids is 1. The molecule has 1 aromatic heterocycles. The number of ether oxygens (including phenoxy) is 1. The summed E-state index contributed by atoms with van der Waals surface area (Å²) in [5.74, 6) is 1.01. The maximum atomic E-state index is 11.7. The summed E-state index contributed by atoms with van der Waals surface area (Å²) in [5.41, 5.74) is 0.562. The Morgan fingerprint density at radius 3 is 2.59 bits per heavy atom. The summed E-state index contributed by atoms with van der Waals surface area (Å²) in [4.78, 5) is 25.8. The van der Waals surface area contributed by atoms with E-state index < -0.39 is 4.92 Å². The van der Waals surface area contributed by atoms with Gasteiger partial charge in [-0.05, 0) is 25.0 Å². The fraction of sp³-hybridized carbons (Fsp3) is 0.200. The molecule has 0 atom stereocenters. The van der Waals surface area contributed by atoms with Gasteiger partial charge in [0.1, 0.15) is 11.5 Å². The minimum atomic E-state index is -0.473. The van der Waals surface area contributed by atoms with E-state index in [4.69, 9.17) is 4.74 Å². The molecule has 0 bridgehead atoms. The fourth-order valence-electron chi connectivity index (χ4n) is 1.90. The second-order valence-corrected chi connectivity index (χ2v) is 5.03. The van der Waals surface area contributed by atoms with Crippen LogP contribution in [-0.4, -0.2) is 15.8 Å². The Kier molecular flexibility index (Phi) is 3.69. The molecule has 1 aromatic carbocycles. The van der Waals surface area contributed by atoms with E-state index in [1.54, 1.807) is 12.3 Å². The van der Waals surface area contributed by atoms with E-state index in [2.05, 4.69) is 10.3 Å². The molecule has 2 aromatic rings. The van der Waals surface area contributed by atoms with Gasteiger partial charge in [0.15, 0.2) is 0 Å². The van der Waals surface area contributed by atoms with Crippen molar-refractivity contribution in [3.8, 4) is 11.5 Å². The first-order valence-corrected chi connectivity index (χ1v) is 6.80. The molecule has 1 fully saturated rings. The predicted octanol–water partition coefficient (Wildman–Crippen LogP) is 3.13. The van der Waals surface area contributed by atoms with Crippen LogP contribution >= 0.6 is 0 Å². The minimum absolute atomic E-state index is 0.00378. The number of hydrogen-bond donors (Lipinski definition) is 1. The lowest BCUT2D eigenvalue weighted by Crippen LogP contribution is -2.13. The highest BCUT2D eigenvalue weighted by atomic mass is 16.6. The summed E-state index contributed by atoms with van der Waals surface area (Å²) >= 11 is 0. The lowest BCUT2D eigenvalue weighted by molar-refractivity contribution is -0.384. The number of benzene rings is 1. The van der Waals surface area contributed by atoms with Gasteiger partial charge >= 0.3 is 0 Å². The van der Waals surface area contributed by atoms with Gasteiger partial charge in [-0.15, -0.1) is 0 Å². The van der Waals surface area contributed by atoms with Gasteiger partial charge in [0.25, 0.3) is 5.69 Å². The number of aromatic nitrogens is 1.